The summed E-state index contributed by atoms with van der Waals surface area (Å²) in [6.45, 7) is 0.200. The van der Waals surface area contributed by atoms with Gasteiger partial charge >= 0.3 is 17.9 Å². The second kappa shape index (κ2) is 45.1. The minimum Gasteiger partial charge on any atom is -0.468 e. The number of halogens is 4. The average Bonchev–Trinajstić information content (AvgIpc) is 1.67. The third-order valence-electron chi connectivity index (χ3n) is 16.6. The van der Waals surface area contributed by atoms with Crippen molar-refractivity contribution in [2.24, 2.45) is 16.0 Å². The summed E-state index contributed by atoms with van der Waals surface area (Å²) in [7, 11) is 3.83. The number of non-ortho nitro benzene ring substituents is 3. The number of pyridine rings is 4. The number of esters is 3. The molecule has 4 aromatic heterocycles. The lowest BCUT2D eigenvalue weighted by Crippen LogP contribution is -2.46. The number of carbonyl (C=O) groups excluding carboxylic acids is 7. The van der Waals surface area contributed by atoms with Crippen molar-refractivity contribution in [3.63, 3.8) is 0 Å². The Balaban J connectivity index is 0.000000209. The number of nitrogens with two attached hydrogens (primary N) is 1. The second-order valence-corrected chi connectivity index (χ2v) is 26.0. The molecule has 2 amide bonds. The van der Waals surface area contributed by atoms with Gasteiger partial charge in [-0.3, -0.25) is 84.4 Å². The molecule has 11 rings (SSSR count). The zero-order valence-electron chi connectivity index (χ0n) is 61.2. The molecular formula is C78H69Cl4N17O16. The van der Waals surface area contributed by atoms with Crippen LogP contribution in [0.3, 0.4) is 0 Å². The molecule has 0 saturated heterocycles. The number of hydrogen-bond donors (Lipinski definition) is 2. The first-order valence-electron chi connectivity index (χ1n) is 34.1. The predicted molar refractivity (Wildman–Crippen MR) is 424 cm³/mol. The van der Waals surface area contributed by atoms with Crippen LogP contribution in [0, 0.1) is 30.3 Å². The Morgan fingerprint density at radius 2 is 1.02 bits per heavy atom. The number of nitro groups is 3. The molecule has 6 aromatic carbocycles. The molecule has 0 spiro atoms. The highest BCUT2D eigenvalue weighted by Crippen LogP contribution is 2.31. The quantitative estimate of drug-likeness (QED) is 0.00743. The molecule has 0 radical (unpaired) electrons. The van der Waals surface area contributed by atoms with E-state index in [-0.39, 0.29) is 88.6 Å². The lowest BCUT2D eigenvalue weighted by molar-refractivity contribution is -0.385. The van der Waals surface area contributed by atoms with Crippen molar-refractivity contribution in [1.82, 2.24) is 35.1 Å². The molecule has 0 saturated carbocycles. The summed E-state index contributed by atoms with van der Waals surface area (Å²) in [5.74, 6) is -2.64. The molecule has 1 aliphatic heterocycles. The van der Waals surface area contributed by atoms with Gasteiger partial charge in [0.2, 0.25) is 0 Å². The van der Waals surface area contributed by atoms with E-state index in [1.165, 1.54) is 110 Å². The number of rotatable bonds is 26. The molecule has 3 N–H and O–H groups in total. The Morgan fingerprint density at radius 1 is 0.565 bits per heavy atom. The molecule has 115 heavy (non-hydrogen) atoms. The van der Waals surface area contributed by atoms with Crippen molar-refractivity contribution in [2.75, 3.05) is 21.3 Å². The fourth-order valence-electron chi connectivity index (χ4n) is 11.1. The molecule has 33 nitrogen and oxygen atoms in total. The van der Waals surface area contributed by atoms with Crippen molar-refractivity contribution in [3.05, 3.63) is 353 Å². The predicted octanol–water partition coefficient (Wildman–Crippen LogP) is 14.7. The van der Waals surface area contributed by atoms with E-state index in [4.69, 9.17) is 72.7 Å². The molecule has 590 valence electrons. The number of amides is 2. The second-order valence-electron chi connectivity index (χ2n) is 24.3. The summed E-state index contributed by atoms with van der Waals surface area (Å²) in [5, 5.41) is 43.5. The van der Waals surface area contributed by atoms with E-state index in [9.17, 15) is 63.9 Å². The fourth-order valence-corrected chi connectivity index (χ4v) is 11.8. The standard InChI is InChI=1S/C23H19ClN6O5.C23H18ClN3O4.C16H17N3O4.C9H12N2O2.C7H3Cl2N3O/c1-35-23(32)21(13-17-6-2-3-10-26-17)29(14-15-5-4-7-18(11-15)30(33)34)22(31)19-9-8-16(24)12-20(19)27-28-25;24-17-7-8-20-16(11-17)12-22(28)21(13-18-5-1-2-9-25-18)26(23(20)29)14-15-4-3-6-19(10-15)27(30)31;1-23-16(20)15(10-13-6-2-3-8-17-13)18-11-12-5-4-7-14(9-12)19(21)22;1-13-9(12)8(10)6-7-4-2-3-5-11-7;8-4-1-2-5(7(9)13)6(3-4)11-12-10/h2-12,21H,13-14H2,1H3;1-11,21H,12-14H2;2-9,15,18H,10-11H2,1H3;2-5,8H,6,10H2,1H3;1-3H/t2*21-;15-;8-;/m1111./s1. The molecule has 1 aliphatic rings. The number of nitrogens with one attached hydrogen (secondary N) is 1. The van der Waals surface area contributed by atoms with Crippen LogP contribution in [0.5, 0.6) is 0 Å². The number of ether oxygens (including phenoxy) is 3. The first-order chi connectivity index (χ1) is 55.2. The molecule has 0 bridgehead atoms. The summed E-state index contributed by atoms with van der Waals surface area (Å²) in [4.78, 5) is 143. The molecule has 4 atom stereocenters. The van der Waals surface area contributed by atoms with Crippen LogP contribution in [-0.4, -0.2) is 131 Å². The summed E-state index contributed by atoms with van der Waals surface area (Å²) < 4.78 is 14.3. The minimum absolute atomic E-state index is 0.00689. The molecule has 0 unspecified atom stereocenters. The van der Waals surface area contributed by atoms with Crippen molar-refractivity contribution >= 4 is 116 Å². The Bertz CT molecular complexity index is 5210. The largest absolute Gasteiger partial charge is 0.468 e. The zero-order chi connectivity index (χ0) is 83.5. The van der Waals surface area contributed by atoms with E-state index in [2.05, 4.69) is 50.0 Å². The minimum atomic E-state index is -1.14. The van der Waals surface area contributed by atoms with Gasteiger partial charge in [0.1, 0.15) is 18.1 Å². The van der Waals surface area contributed by atoms with Crippen LogP contribution in [0.4, 0.5) is 28.4 Å². The summed E-state index contributed by atoms with van der Waals surface area (Å²) in [6.07, 6.45) is 7.64. The number of carbonyl (C=O) groups is 7. The molecular weight excluding hydrogens is 1570 g/mol. The lowest BCUT2D eigenvalue weighted by Gasteiger charge is -2.30. The molecule has 10 aromatic rings. The first kappa shape index (κ1) is 88.7. The highest BCUT2D eigenvalue weighted by atomic mass is 35.5. The number of ketones is 1. The van der Waals surface area contributed by atoms with E-state index in [1.807, 2.05) is 36.4 Å². The van der Waals surface area contributed by atoms with Crippen molar-refractivity contribution < 1.29 is 62.5 Å². The van der Waals surface area contributed by atoms with Gasteiger partial charge < -0.3 is 29.7 Å². The summed E-state index contributed by atoms with van der Waals surface area (Å²) >= 11 is 22.9. The van der Waals surface area contributed by atoms with Gasteiger partial charge in [0.25, 0.3) is 34.1 Å². The Labute approximate surface area is 675 Å². The van der Waals surface area contributed by atoms with Crippen LogP contribution in [0.15, 0.2) is 235 Å². The van der Waals surface area contributed by atoms with Gasteiger partial charge in [-0.1, -0.05) is 106 Å². The van der Waals surface area contributed by atoms with Crippen LogP contribution in [0.1, 0.15) is 76.1 Å². The van der Waals surface area contributed by atoms with Crippen LogP contribution in [0.2, 0.25) is 15.1 Å². The Kier molecular flexibility index (Phi) is 34.8. The smallest absolute Gasteiger partial charge is 0.329 e. The van der Waals surface area contributed by atoms with E-state index >= 15 is 0 Å². The topological polar surface area (TPSA) is 470 Å². The van der Waals surface area contributed by atoms with Gasteiger partial charge in [-0.25, -0.2) is 4.79 Å². The number of hydrogen-bond acceptors (Lipinski definition) is 24. The molecule has 5 heterocycles. The van der Waals surface area contributed by atoms with Gasteiger partial charge in [-0.2, -0.15) is 0 Å². The summed E-state index contributed by atoms with van der Waals surface area (Å²) in [6, 6.07) is 49.8. The highest BCUT2D eigenvalue weighted by Gasteiger charge is 2.37. The maximum absolute atomic E-state index is 13.8. The Morgan fingerprint density at radius 3 is 1.51 bits per heavy atom. The zero-order valence-corrected chi connectivity index (χ0v) is 64.2. The van der Waals surface area contributed by atoms with Gasteiger partial charge in [0, 0.05) is 177 Å². The van der Waals surface area contributed by atoms with Crippen LogP contribution in [-0.2, 0) is 85.1 Å². The maximum Gasteiger partial charge on any atom is 0.329 e. The molecule has 0 aliphatic carbocycles. The monoisotopic (exact) mass is 1640 g/mol. The SMILES string of the molecule is COC(=O)[C@@H](Cc1ccccn1)N(Cc1cccc([N+](=O)[O-])c1)C(=O)c1ccc(Cl)cc1N=[N+]=[N-].COC(=O)[C@@H](Cc1ccccn1)NCc1cccc([N+](=O)[O-])c1.COC(=O)[C@H](N)Cc1ccccn1.O=C1Cc2cc(Cl)ccc2C(=O)N(Cc2cccc([N+](=O)[O-])c2)[C@@H]1Cc1ccccn1.[N-]=[N+]=Nc1cc(Cl)ccc1C(=O)Cl. The van der Waals surface area contributed by atoms with E-state index in [0.29, 0.717) is 68.6 Å². The number of Topliss-reactive ketones (excluding diaryl/α,β-unsaturated/α-hetero) is 1. The van der Waals surface area contributed by atoms with Gasteiger partial charge in [-0.15, -0.1) is 0 Å². The van der Waals surface area contributed by atoms with Gasteiger partial charge in [0.15, 0.2) is 5.78 Å². The van der Waals surface area contributed by atoms with E-state index < -0.39 is 68.0 Å². The van der Waals surface area contributed by atoms with E-state index in [0.717, 1.165) is 11.4 Å². The third kappa shape index (κ3) is 27.4. The van der Waals surface area contributed by atoms with Gasteiger partial charge in [0.05, 0.1) is 53.5 Å². The third-order valence-corrected chi connectivity index (χ3v) is 17.5. The Hall–Kier alpha value is -13.5. The summed E-state index contributed by atoms with van der Waals surface area (Å²) in [5.41, 5.74) is 28.1. The number of methoxy groups -OCH3 is 3. The van der Waals surface area contributed by atoms with E-state index in [1.54, 1.807) is 110 Å². The number of fused-ring (bicyclic) bond motifs is 1. The van der Waals surface area contributed by atoms with Crippen LogP contribution < -0.4 is 11.1 Å². The fraction of sp³-hybridized carbons (Fsp3) is 0.192. The van der Waals surface area contributed by atoms with Crippen LogP contribution in [0.25, 0.3) is 20.9 Å². The van der Waals surface area contributed by atoms with Gasteiger partial charge in [-0.05, 0) is 148 Å². The lowest BCUT2D eigenvalue weighted by atomic mass is 9.99. The maximum atomic E-state index is 13.8. The number of azide groups is 2. The number of nitrogens with zero attached hydrogens (tertiary/aromatic N) is 15. The van der Waals surface area contributed by atoms with Crippen LogP contribution >= 0.6 is 46.4 Å². The normalized spacial score (nSPS) is 12.5. The van der Waals surface area contributed by atoms with Crippen molar-refractivity contribution in [2.45, 2.75) is 75.9 Å². The average molecular weight is 1640 g/mol. The molecule has 37 heteroatoms. The highest BCUT2D eigenvalue weighted by molar-refractivity contribution is 6.68. The molecule has 0 fully saturated rings. The van der Waals surface area contributed by atoms with Crippen molar-refractivity contribution in [1.29, 1.82) is 0 Å². The first-order valence-corrected chi connectivity index (χ1v) is 35.6. The number of benzene rings is 6. The number of aromatic nitrogens is 4. The number of nitro benzene ring substituents is 3. The van der Waals surface area contributed by atoms with Crippen molar-refractivity contribution in [3.8, 4) is 0 Å².